The number of methoxy groups -OCH3 is 1. The summed E-state index contributed by atoms with van der Waals surface area (Å²) in [5, 5.41) is 9.80. The van der Waals surface area contributed by atoms with Gasteiger partial charge in [0.25, 0.3) is 0 Å². The molecule has 1 aromatic carbocycles. The molecule has 2 bridgehead atoms. The van der Waals surface area contributed by atoms with Crippen LogP contribution in [0.25, 0.3) is 0 Å². The number of carbonyl (C=O) groups is 3. The van der Waals surface area contributed by atoms with Crippen molar-refractivity contribution in [2.24, 2.45) is 23.2 Å². The lowest BCUT2D eigenvalue weighted by Gasteiger charge is -2.64. The maximum Gasteiger partial charge on any atom is 0.457 e. The number of amides is 1. The van der Waals surface area contributed by atoms with Crippen molar-refractivity contribution in [1.29, 1.82) is 0 Å². The molecule has 3 aliphatic carbocycles. The first-order valence-corrected chi connectivity index (χ1v) is 13.9. The molecule has 0 aromatic heterocycles. The zero-order valence-electron chi connectivity index (χ0n) is 23.1. The van der Waals surface area contributed by atoms with Gasteiger partial charge in [0.05, 0.1) is 18.8 Å². The minimum absolute atomic E-state index is 0.0606. The van der Waals surface area contributed by atoms with E-state index < -0.39 is 30.0 Å². The maximum atomic E-state index is 12.7. The number of benzene rings is 1. The molecule has 10 heteroatoms. The van der Waals surface area contributed by atoms with E-state index in [2.05, 4.69) is 20.8 Å². The Balaban J connectivity index is 1.25. The fourth-order valence-corrected chi connectivity index (χ4v) is 7.43. The molecule has 1 amide bonds. The van der Waals surface area contributed by atoms with Crippen molar-refractivity contribution >= 4 is 25.2 Å². The van der Waals surface area contributed by atoms with Crippen LogP contribution in [0.15, 0.2) is 42.0 Å². The van der Waals surface area contributed by atoms with Crippen LogP contribution in [0.3, 0.4) is 0 Å². The summed E-state index contributed by atoms with van der Waals surface area (Å²) in [5.74, 6) is -0.589. The molecule has 2 aliphatic heterocycles. The molecular formula is C29H38BNO8. The first-order chi connectivity index (χ1) is 18.5. The Hall–Kier alpha value is -2.85. The highest BCUT2D eigenvalue weighted by Gasteiger charge is 2.67. The SMILES string of the molecule is COC(=O)[C@H]1[C@H](CCCB2O[C@@H]3C[C@@H]4C[C@@H](C4(C)C)[C@]3(C)O2)/C(=C/C(=O)OCc2ccccc2)CN1C(=O)O. The number of likely N-dealkylation sites (tertiary alicyclic amines) is 1. The molecule has 6 atom stereocenters. The Morgan fingerprint density at radius 2 is 1.92 bits per heavy atom. The number of ether oxygens (including phenoxy) is 2. The summed E-state index contributed by atoms with van der Waals surface area (Å²) in [4.78, 5) is 38.4. The fraction of sp³-hybridized carbons (Fsp3) is 0.621. The summed E-state index contributed by atoms with van der Waals surface area (Å²) in [6.45, 7) is 6.87. The van der Waals surface area contributed by atoms with Crippen LogP contribution in [-0.2, 0) is 35.0 Å². The van der Waals surface area contributed by atoms with Crippen LogP contribution in [-0.4, -0.2) is 66.6 Å². The predicted octanol–water partition coefficient (Wildman–Crippen LogP) is 4.32. The largest absolute Gasteiger partial charge is 0.467 e. The third-order valence-electron chi connectivity index (χ3n) is 9.72. The van der Waals surface area contributed by atoms with Gasteiger partial charge in [0, 0.05) is 18.5 Å². The highest BCUT2D eigenvalue weighted by molar-refractivity contribution is 6.45. The summed E-state index contributed by atoms with van der Waals surface area (Å²) >= 11 is 0. The van der Waals surface area contributed by atoms with Crippen molar-refractivity contribution in [3.63, 3.8) is 0 Å². The van der Waals surface area contributed by atoms with Gasteiger partial charge in [-0.15, -0.1) is 0 Å². The van der Waals surface area contributed by atoms with Crippen LogP contribution in [0.1, 0.15) is 52.0 Å². The van der Waals surface area contributed by atoms with Crippen LogP contribution >= 0.6 is 0 Å². The molecule has 6 rings (SSSR count). The second-order valence-corrected chi connectivity index (χ2v) is 12.1. The molecule has 2 heterocycles. The monoisotopic (exact) mass is 539 g/mol. The Morgan fingerprint density at radius 1 is 1.18 bits per heavy atom. The number of rotatable bonds is 8. The minimum Gasteiger partial charge on any atom is -0.467 e. The number of hydrogen-bond donors (Lipinski definition) is 1. The minimum atomic E-state index is -1.24. The smallest absolute Gasteiger partial charge is 0.457 e. The van der Waals surface area contributed by atoms with E-state index in [1.165, 1.54) is 19.6 Å². The number of carboxylic acid groups (broad SMARTS) is 1. The molecule has 39 heavy (non-hydrogen) atoms. The van der Waals surface area contributed by atoms with Crippen LogP contribution in [0, 0.1) is 23.2 Å². The van der Waals surface area contributed by atoms with Gasteiger partial charge in [0.1, 0.15) is 12.6 Å². The fourth-order valence-electron chi connectivity index (χ4n) is 7.43. The van der Waals surface area contributed by atoms with E-state index in [0.29, 0.717) is 36.6 Å². The predicted molar refractivity (Wildman–Crippen MR) is 142 cm³/mol. The second-order valence-electron chi connectivity index (χ2n) is 12.1. The molecule has 2 saturated heterocycles. The van der Waals surface area contributed by atoms with Gasteiger partial charge in [-0.25, -0.2) is 14.4 Å². The molecule has 9 nitrogen and oxygen atoms in total. The Labute approximate surface area is 229 Å². The molecule has 5 fully saturated rings. The highest BCUT2D eigenvalue weighted by Crippen LogP contribution is 2.65. The van der Waals surface area contributed by atoms with Crippen molar-refractivity contribution in [2.75, 3.05) is 13.7 Å². The Bertz CT molecular complexity index is 1140. The summed E-state index contributed by atoms with van der Waals surface area (Å²) in [6.07, 6.45) is 4.10. The molecule has 0 spiro atoms. The van der Waals surface area contributed by atoms with Crippen LogP contribution in [0.4, 0.5) is 4.79 Å². The van der Waals surface area contributed by atoms with E-state index >= 15 is 0 Å². The summed E-state index contributed by atoms with van der Waals surface area (Å²) < 4.78 is 23.2. The number of nitrogens with zero attached hydrogens (tertiary/aromatic N) is 1. The zero-order valence-corrected chi connectivity index (χ0v) is 23.1. The average molecular weight is 539 g/mol. The van der Waals surface area contributed by atoms with Crippen molar-refractivity contribution < 1.29 is 38.3 Å². The van der Waals surface area contributed by atoms with Crippen molar-refractivity contribution in [2.45, 2.75) is 77.1 Å². The zero-order chi connectivity index (χ0) is 27.9. The van der Waals surface area contributed by atoms with Gasteiger partial charge in [-0.3, -0.25) is 4.90 Å². The number of hydrogen-bond acceptors (Lipinski definition) is 7. The lowest BCUT2D eigenvalue weighted by molar-refractivity contribution is -0.199. The molecule has 0 unspecified atom stereocenters. The molecular weight excluding hydrogens is 501 g/mol. The average Bonchev–Trinajstić information content (AvgIpc) is 3.44. The van der Waals surface area contributed by atoms with Gasteiger partial charge < -0.3 is 23.9 Å². The molecule has 210 valence electrons. The molecule has 1 aromatic rings. The van der Waals surface area contributed by atoms with Gasteiger partial charge in [-0.1, -0.05) is 50.6 Å². The van der Waals surface area contributed by atoms with E-state index in [-0.39, 0.29) is 37.4 Å². The lowest BCUT2D eigenvalue weighted by atomic mass is 9.43. The summed E-state index contributed by atoms with van der Waals surface area (Å²) in [6, 6.07) is 8.27. The van der Waals surface area contributed by atoms with Gasteiger partial charge in [0.2, 0.25) is 0 Å². The summed E-state index contributed by atoms with van der Waals surface area (Å²) in [5.41, 5.74) is 1.36. The van der Waals surface area contributed by atoms with E-state index in [9.17, 15) is 19.5 Å². The van der Waals surface area contributed by atoms with Gasteiger partial charge >= 0.3 is 25.2 Å². The molecule has 0 radical (unpaired) electrons. The standard InChI is InChI=1S/C29H38BNO8/c1-28(2)20-14-22(28)29(3)23(15-20)38-30(39-29)12-8-11-21-19(16-31(27(34)35)25(21)26(33)36-4)13-24(32)37-17-18-9-6-5-7-10-18/h5-7,9-10,13,20-23,25H,8,11-12,14-17H2,1-4H3,(H,34,35)/b19-13+/t20-,21+,22-,23+,25+,29-/m0/s1. The third kappa shape index (κ3) is 5.09. The van der Waals surface area contributed by atoms with Crippen LogP contribution in [0.5, 0.6) is 0 Å². The molecule has 5 aliphatic rings. The van der Waals surface area contributed by atoms with E-state index in [0.717, 1.165) is 16.9 Å². The Kier molecular flexibility index (Phi) is 7.54. The molecule has 3 saturated carbocycles. The van der Waals surface area contributed by atoms with Crippen molar-refractivity contribution in [1.82, 2.24) is 4.90 Å². The maximum absolute atomic E-state index is 12.7. The molecule has 1 N–H and O–H groups in total. The summed E-state index contributed by atoms with van der Waals surface area (Å²) in [7, 11) is 0.900. The quantitative estimate of drug-likeness (QED) is 0.296. The first kappa shape index (κ1) is 27.7. The van der Waals surface area contributed by atoms with E-state index in [1.807, 2.05) is 30.3 Å². The third-order valence-corrected chi connectivity index (χ3v) is 9.72. The topological polar surface area (TPSA) is 112 Å². The van der Waals surface area contributed by atoms with E-state index in [1.54, 1.807) is 0 Å². The van der Waals surface area contributed by atoms with Crippen LogP contribution < -0.4 is 0 Å². The van der Waals surface area contributed by atoms with Gasteiger partial charge in [-0.05, 0) is 60.9 Å². The van der Waals surface area contributed by atoms with Gasteiger partial charge in [-0.2, -0.15) is 0 Å². The van der Waals surface area contributed by atoms with E-state index in [4.69, 9.17) is 18.8 Å². The van der Waals surface area contributed by atoms with Crippen molar-refractivity contribution in [3.8, 4) is 0 Å². The lowest BCUT2D eigenvalue weighted by Crippen LogP contribution is -2.65. The number of carbonyl (C=O) groups excluding carboxylic acids is 2. The number of esters is 2. The Morgan fingerprint density at radius 3 is 2.59 bits per heavy atom. The highest BCUT2D eigenvalue weighted by atomic mass is 16.7. The normalized spacial score (nSPS) is 33.4. The van der Waals surface area contributed by atoms with Gasteiger partial charge in [0.15, 0.2) is 0 Å². The van der Waals surface area contributed by atoms with Crippen molar-refractivity contribution in [3.05, 3.63) is 47.5 Å². The first-order valence-electron chi connectivity index (χ1n) is 13.9. The van der Waals surface area contributed by atoms with Crippen LogP contribution in [0.2, 0.25) is 6.32 Å². The second kappa shape index (κ2) is 10.6.